The molecule has 1 saturated carbocycles. The molecule has 0 spiro atoms. The fourth-order valence-electron chi connectivity index (χ4n) is 3.04. The van der Waals surface area contributed by atoms with Crippen molar-refractivity contribution in [3.63, 3.8) is 0 Å². The molecule has 1 aliphatic carbocycles. The van der Waals surface area contributed by atoms with Gasteiger partial charge in [0.25, 0.3) is 5.91 Å². The van der Waals surface area contributed by atoms with Gasteiger partial charge in [-0.05, 0) is 25.8 Å². The van der Waals surface area contributed by atoms with Crippen LogP contribution in [0.4, 0.5) is 5.95 Å². The van der Waals surface area contributed by atoms with Crippen LogP contribution in [0.25, 0.3) is 0 Å². The van der Waals surface area contributed by atoms with E-state index in [1.165, 1.54) is 12.8 Å². The summed E-state index contributed by atoms with van der Waals surface area (Å²) in [5.41, 5.74) is -0.833. The Hall–Kier alpha value is -1.69. The van der Waals surface area contributed by atoms with Gasteiger partial charge in [-0.2, -0.15) is 0 Å². The molecular formula is C15H22N4O2. The van der Waals surface area contributed by atoms with Crippen molar-refractivity contribution in [1.82, 2.24) is 15.3 Å². The maximum absolute atomic E-state index is 12.5. The van der Waals surface area contributed by atoms with Crippen LogP contribution < -0.4 is 10.2 Å². The van der Waals surface area contributed by atoms with Gasteiger partial charge in [-0.3, -0.25) is 4.79 Å². The van der Waals surface area contributed by atoms with E-state index in [0.717, 1.165) is 12.8 Å². The highest BCUT2D eigenvalue weighted by molar-refractivity contribution is 5.86. The molecule has 1 atom stereocenters. The lowest BCUT2D eigenvalue weighted by atomic mass is 10.0. The second-order valence-electron chi connectivity index (χ2n) is 6.00. The third kappa shape index (κ3) is 3.15. The van der Waals surface area contributed by atoms with E-state index in [1.807, 2.05) is 11.8 Å². The molecule has 3 rings (SSSR count). The highest BCUT2D eigenvalue weighted by Gasteiger charge is 2.41. The Bertz CT molecular complexity index is 490. The van der Waals surface area contributed by atoms with Crippen molar-refractivity contribution >= 4 is 11.9 Å². The minimum absolute atomic E-state index is 0.0185. The van der Waals surface area contributed by atoms with Gasteiger partial charge in [0, 0.05) is 25.0 Å². The van der Waals surface area contributed by atoms with Crippen LogP contribution in [-0.2, 0) is 9.53 Å². The number of ether oxygens (including phenoxy) is 1. The summed E-state index contributed by atoms with van der Waals surface area (Å²) in [7, 11) is 0. The first-order chi connectivity index (χ1) is 10.2. The summed E-state index contributed by atoms with van der Waals surface area (Å²) in [5, 5.41) is 3.13. The molecule has 6 nitrogen and oxygen atoms in total. The summed E-state index contributed by atoms with van der Waals surface area (Å²) in [6.07, 6.45) is 7.99. The molecule has 2 fully saturated rings. The monoisotopic (exact) mass is 290 g/mol. The Kier molecular flexibility index (Phi) is 4.05. The molecular weight excluding hydrogens is 268 g/mol. The lowest BCUT2D eigenvalue weighted by Gasteiger charge is -2.39. The van der Waals surface area contributed by atoms with Gasteiger partial charge in [0.2, 0.25) is 5.95 Å². The number of amides is 1. The molecule has 0 radical (unpaired) electrons. The SMILES string of the molecule is C[C@]1(C(=O)NC2CCCC2)CN(c2ncccn2)CCO1. The molecule has 1 aromatic rings. The third-order valence-electron chi connectivity index (χ3n) is 4.28. The number of nitrogens with one attached hydrogen (secondary N) is 1. The largest absolute Gasteiger partial charge is 0.362 e. The van der Waals surface area contributed by atoms with Crippen LogP contribution in [0.5, 0.6) is 0 Å². The molecule has 0 aromatic carbocycles. The lowest BCUT2D eigenvalue weighted by molar-refractivity contribution is -0.147. The Labute approximate surface area is 124 Å². The van der Waals surface area contributed by atoms with Gasteiger partial charge < -0.3 is 15.0 Å². The molecule has 6 heteroatoms. The van der Waals surface area contributed by atoms with Crippen LogP contribution in [0.1, 0.15) is 32.6 Å². The molecule has 1 aliphatic heterocycles. The molecule has 1 N–H and O–H groups in total. The van der Waals surface area contributed by atoms with Crippen molar-refractivity contribution < 1.29 is 9.53 Å². The number of hydrogen-bond acceptors (Lipinski definition) is 5. The topological polar surface area (TPSA) is 67.4 Å². The third-order valence-corrected chi connectivity index (χ3v) is 4.28. The molecule has 0 bridgehead atoms. The van der Waals surface area contributed by atoms with Crippen LogP contribution in [0.15, 0.2) is 18.5 Å². The number of nitrogens with zero attached hydrogens (tertiary/aromatic N) is 3. The van der Waals surface area contributed by atoms with E-state index < -0.39 is 5.60 Å². The number of anilines is 1. The fourth-order valence-corrected chi connectivity index (χ4v) is 3.04. The molecule has 114 valence electrons. The van der Waals surface area contributed by atoms with Crippen LogP contribution >= 0.6 is 0 Å². The summed E-state index contributed by atoms with van der Waals surface area (Å²) < 4.78 is 5.78. The van der Waals surface area contributed by atoms with E-state index in [9.17, 15) is 4.79 Å². The fraction of sp³-hybridized carbons (Fsp3) is 0.667. The Morgan fingerprint density at radius 1 is 1.38 bits per heavy atom. The highest BCUT2D eigenvalue weighted by atomic mass is 16.5. The van der Waals surface area contributed by atoms with Crippen LogP contribution in [0.2, 0.25) is 0 Å². The number of hydrogen-bond donors (Lipinski definition) is 1. The standard InChI is InChI=1S/C15H22N4O2/c1-15(13(20)18-12-5-2-3-6-12)11-19(9-10-21-15)14-16-7-4-8-17-14/h4,7-8,12H,2-3,5-6,9-11H2,1H3,(H,18,20)/t15-/m1/s1. The van der Waals surface area contributed by atoms with Crippen molar-refractivity contribution in [2.75, 3.05) is 24.6 Å². The summed E-state index contributed by atoms with van der Waals surface area (Å²) in [6, 6.07) is 2.09. The van der Waals surface area contributed by atoms with Crippen molar-refractivity contribution in [3.8, 4) is 0 Å². The maximum atomic E-state index is 12.5. The number of aromatic nitrogens is 2. The first kappa shape index (κ1) is 14.3. The van der Waals surface area contributed by atoms with Crippen molar-refractivity contribution in [2.24, 2.45) is 0 Å². The Morgan fingerprint density at radius 3 is 2.81 bits per heavy atom. The zero-order valence-electron chi connectivity index (χ0n) is 12.4. The van der Waals surface area contributed by atoms with E-state index in [1.54, 1.807) is 18.5 Å². The van der Waals surface area contributed by atoms with Crippen LogP contribution in [0.3, 0.4) is 0 Å². The number of carbonyl (C=O) groups is 1. The van der Waals surface area contributed by atoms with Crippen molar-refractivity contribution in [1.29, 1.82) is 0 Å². The first-order valence-electron chi connectivity index (χ1n) is 7.64. The quantitative estimate of drug-likeness (QED) is 0.904. The maximum Gasteiger partial charge on any atom is 0.254 e. The molecule has 1 aromatic heterocycles. The zero-order valence-corrected chi connectivity index (χ0v) is 12.4. The average molecular weight is 290 g/mol. The van der Waals surface area contributed by atoms with Crippen molar-refractivity contribution in [2.45, 2.75) is 44.2 Å². The molecule has 0 unspecified atom stereocenters. The number of carbonyl (C=O) groups excluding carboxylic acids is 1. The molecule has 2 heterocycles. The van der Waals surface area contributed by atoms with E-state index in [2.05, 4.69) is 15.3 Å². The molecule has 1 saturated heterocycles. The Morgan fingerprint density at radius 2 is 2.10 bits per heavy atom. The zero-order chi connectivity index (χ0) is 14.7. The highest BCUT2D eigenvalue weighted by Crippen LogP contribution is 2.23. The van der Waals surface area contributed by atoms with Crippen LogP contribution in [0, 0.1) is 0 Å². The second-order valence-corrected chi connectivity index (χ2v) is 6.00. The minimum atomic E-state index is -0.833. The smallest absolute Gasteiger partial charge is 0.254 e. The van der Waals surface area contributed by atoms with E-state index >= 15 is 0 Å². The summed E-state index contributed by atoms with van der Waals surface area (Å²) in [4.78, 5) is 23.1. The molecule has 2 aliphatic rings. The van der Waals surface area contributed by atoms with Gasteiger partial charge in [0.05, 0.1) is 13.2 Å². The van der Waals surface area contributed by atoms with Crippen molar-refractivity contribution in [3.05, 3.63) is 18.5 Å². The minimum Gasteiger partial charge on any atom is -0.362 e. The Balaban J connectivity index is 1.67. The van der Waals surface area contributed by atoms with E-state index in [-0.39, 0.29) is 5.91 Å². The molecule has 21 heavy (non-hydrogen) atoms. The summed E-state index contributed by atoms with van der Waals surface area (Å²) >= 11 is 0. The lowest BCUT2D eigenvalue weighted by Crippen LogP contribution is -2.59. The summed E-state index contributed by atoms with van der Waals surface area (Å²) in [6.45, 7) is 3.55. The van der Waals surface area contributed by atoms with Gasteiger partial charge >= 0.3 is 0 Å². The van der Waals surface area contributed by atoms with E-state index in [4.69, 9.17) is 4.74 Å². The number of morpholine rings is 1. The van der Waals surface area contributed by atoms with Gasteiger partial charge in [0.1, 0.15) is 0 Å². The van der Waals surface area contributed by atoms with Gasteiger partial charge in [-0.1, -0.05) is 12.8 Å². The first-order valence-corrected chi connectivity index (χ1v) is 7.64. The van der Waals surface area contributed by atoms with Gasteiger partial charge in [0.15, 0.2) is 5.60 Å². The van der Waals surface area contributed by atoms with E-state index in [0.29, 0.717) is 31.7 Å². The average Bonchev–Trinajstić information content (AvgIpc) is 3.01. The van der Waals surface area contributed by atoms with Gasteiger partial charge in [-0.25, -0.2) is 9.97 Å². The summed E-state index contributed by atoms with van der Waals surface area (Å²) in [5.74, 6) is 0.635. The predicted octanol–water partition coefficient (Wildman–Crippen LogP) is 1.13. The second kappa shape index (κ2) is 5.97. The predicted molar refractivity (Wildman–Crippen MR) is 79.0 cm³/mol. The molecule has 1 amide bonds. The number of rotatable bonds is 3. The van der Waals surface area contributed by atoms with Gasteiger partial charge in [-0.15, -0.1) is 0 Å². The normalized spacial score (nSPS) is 26.8. The van der Waals surface area contributed by atoms with Crippen LogP contribution in [-0.4, -0.2) is 47.2 Å².